The standard InChI is InChI=1S/C65H119NO10/c1-6-11-14-17-20-23-24-25-26-29-32-38-58(67)71-46-36-33-39-59(68)74-54-63-43-44-64(55-75-60(69)40-37-45-66(9-4)10-5)50-57(49-63)51-65(52-63,53-64)56-76-61(70)41-42-62(72-47-34-30-27-21-18-15-12-7-2)73-48-35-31-28-22-19-16-13-8-3/h57,62H,6-56H2,1-5H3. The Hall–Kier alpha value is -2.24. The normalized spacial score (nSPS) is 20.9. The zero-order chi connectivity index (χ0) is 54.8. The smallest absolute Gasteiger partial charge is 0.305 e. The first-order valence-electron chi connectivity index (χ1n) is 32.6. The summed E-state index contributed by atoms with van der Waals surface area (Å²) in [5.74, 6) is -0.341. The van der Waals surface area contributed by atoms with Crippen LogP contribution < -0.4 is 0 Å². The fourth-order valence-corrected chi connectivity index (χ4v) is 13.3. The number of ether oxygens (including phenoxy) is 6. The Morgan fingerprint density at radius 1 is 0.395 bits per heavy atom. The Morgan fingerprint density at radius 2 is 0.737 bits per heavy atom. The van der Waals surface area contributed by atoms with Crippen LogP contribution in [0.1, 0.15) is 304 Å². The van der Waals surface area contributed by atoms with Crippen LogP contribution in [0.15, 0.2) is 0 Å². The molecule has 0 heterocycles. The van der Waals surface area contributed by atoms with Gasteiger partial charge in [0.05, 0.1) is 32.8 Å². The van der Waals surface area contributed by atoms with Crippen molar-refractivity contribution in [3.8, 4) is 0 Å². The van der Waals surface area contributed by atoms with Crippen LogP contribution in [-0.2, 0) is 47.6 Å². The molecule has 0 aromatic rings. The summed E-state index contributed by atoms with van der Waals surface area (Å²) in [5, 5.41) is 0. The minimum absolute atomic E-state index is 0.132. The van der Waals surface area contributed by atoms with Crippen LogP contribution in [0.25, 0.3) is 0 Å². The highest BCUT2D eigenvalue weighted by Crippen LogP contribution is 2.66. The highest BCUT2D eigenvalue weighted by molar-refractivity contribution is 5.70. The quantitative estimate of drug-likeness (QED) is 0.0250. The van der Waals surface area contributed by atoms with E-state index in [1.807, 2.05) is 0 Å². The van der Waals surface area contributed by atoms with E-state index in [1.54, 1.807) is 0 Å². The topological polar surface area (TPSA) is 127 Å². The molecule has 444 valence electrons. The van der Waals surface area contributed by atoms with Crippen molar-refractivity contribution < 1.29 is 47.6 Å². The van der Waals surface area contributed by atoms with Gasteiger partial charge in [-0.15, -0.1) is 0 Å². The Labute approximate surface area is 466 Å². The van der Waals surface area contributed by atoms with Crippen molar-refractivity contribution in [3.63, 3.8) is 0 Å². The number of hydrogen-bond acceptors (Lipinski definition) is 11. The number of fused-ring (bicyclic) bond motifs is 1. The summed E-state index contributed by atoms with van der Waals surface area (Å²) >= 11 is 0. The molecule has 4 saturated carbocycles. The van der Waals surface area contributed by atoms with Gasteiger partial charge in [0.15, 0.2) is 6.29 Å². The summed E-state index contributed by atoms with van der Waals surface area (Å²) in [4.78, 5) is 55.0. The van der Waals surface area contributed by atoms with Gasteiger partial charge in [-0.3, -0.25) is 19.2 Å². The summed E-state index contributed by atoms with van der Waals surface area (Å²) in [6.45, 7) is 16.6. The van der Waals surface area contributed by atoms with Crippen LogP contribution in [-0.4, -0.2) is 94.3 Å². The van der Waals surface area contributed by atoms with Gasteiger partial charge in [-0.25, -0.2) is 0 Å². The molecule has 11 heteroatoms. The molecule has 76 heavy (non-hydrogen) atoms. The molecular weight excluding hydrogens is 955 g/mol. The third kappa shape index (κ3) is 30.9. The number of carbonyl (C=O) groups excluding carboxylic acids is 4. The lowest BCUT2D eigenvalue weighted by Gasteiger charge is -2.54. The molecule has 4 unspecified atom stereocenters. The van der Waals surface area contributed by atoms with E-state index in [-0.39, 0.29) is 46.5 Å². The van der Waals surface area contributed by atoms with E-state index in [4.69, 9.17) is 28.4 Å². The van der Waals surface area contributed by atoms with E-state index in [9.17, 15) is 19.2 Å². The molecular formula is C65H119NO10. The van der Waals surface area contributed by atoms with Gasteiger partial charge >= 0.3 is 23.9 Å². The highest BCUT2D eigenvalue weighted by atomic mass is 16.7. The SMILES string of the molecule is CCCCCCCCCCCCCC(=O)OCCCCC(=O)OCC12CCC3(COC(=O)CCCN(CC)CC)CC(C1)CC(COC(=O)CCC(OCCCCCCCCCC)OCCCCCCCCCC)(C2)C3. The molecule has 0 N–H and O–H groups in total. The third-order valence-corrected chi connectivity index (χ3v) is 17.4. The Bertz CT molecular complexity index is 1470. The molecule has 0 radical (unpaired) electrons. The van der Waals surface area contributed by atoms with Crippen LogP contribution in [0.2, 0.25) is 0 Å². The van der Waals surface area contributed by atoms with Crippen molar-refractivity contribution in [3.05, 3.63) is 0 Å². The van der Waals surface area contributed by atoms with Gasteiger partial charge in [-0.1, -0.05) is 189 Å². The lowest BCUT2D eigenvalue weighted by molar-refractivity contribution is -0.169. The molecule has 4 fully saturated rings. The van der Waals surface area contributed by atoms with E-state index < -0.39 is 6.29 Å². The van der Waals surface area contributed by atoms with Crippen molar-refractivity contribution in [2.24, 2.45) is 22.2 Å². The number of unbranched alkanes of at least 4 members (excludes halogenated alkanes) is 25. The molecule has 4 bridgehead atoms. The van der Waals surface area contributed by atoms with E-state index in [2.05, 4.69) is 39.5 Å². The van der Waals surface area contributed by atoms with Crippen molar-refractivity contribution >= 4 is 23.9 Å². The van der Waals surface area contributed by atoms with Gasteiger partial charge in [0.25, 0.3) is 0 Å². The maximum absolute atomic E-state index is 13.8. The molecule has 11 nitrogen and oxygen atoms in total. The van der Waals surface area contributed by atoms with Gasteiger partial charge in [0.1, 0.15) is 0 Å². The lowest BCUT2D eigenvalue weighted by atomic mass is 9.51. The van der Waals surface area contributed by atoms with Gasteiger partial charge in [0.2, 0.25) is 0 Å². The summed E-state index contributed by atoms with van der Waals surface area (Å²) in [6, 6.07) is 0. The molecule has 0 aromatic heterocycles. The van der Waals surface area contributed by atoms with Crippen LogP contribution in [0, 0.1) is 22.2 Å². The fraction of sp³-hybridized carbons (Fsp3) is 0.938. The Morgan fingerprint density at radius 3 is 1.18 bits per heavy atom. The maximum Gasteiger partial charge on any atom is 0.305 e. The minimum Gasteiger partial charge on any atom is -0.466 e. The van der Waals surface area contributed by atoms with E-state index in [1.165, 1.54) is 135 Å². The number of carbonyl (C=O) groups is 4. The first kappa shape index (κ1) is 68.0. The lowest BCUT2D eigenvalue weighted by Crippen LogP contribution is -2.50. The molecule has 4 atom stereocenters. The Kier molecular flexibility index (Phi) is 38.2. The first-order valence-corrected chi connectivity index (χ1v) is 32.6. The van der Waals surface area contributed by atoms with Crippen LogP contribution >= 0.6 is 0 Å². The van der Waals surface area contributed by atoms with Crippen LogP contribution in [0.5, 0.6) is 0 Å². The first-order chi connectivity index (χ1) is 37.0. The van der Waals surface area contributed by atoms with E-state index >= 15 is 0 Å². The second-order valence-electron chi connectivity index (χ2n) is 24.6. The monoisotopic (exact) mass is 1070 g/mol. The average molecular weight is 1070 g/mol. The zero-order valence-electron chi connectivity index (χ0n) is 50.2. The van der Waals surface area contributed by atoms with Gasteiger partial charge in [-0.05, 0) is 109 Å². The number of nitrogens with zero attached hydrogens (tertiary/aromatic N) is 1. The predicted octanol–water partition coefficient (Wildman–Crippen LogP) is 16.9. The van der Waals surface area contributed by atoms with Crippen LogP contribution in [0.3, 0.4) is 0 Å². The second kappa shape index (κ2) is 42.6. The molecule has 0 amide bonds. The summed E-state index contributed by atoms with van der Waals surface area (Å²) < 4.78 is 36.8. The highest BCUT2D eigenvalue weighted by Gasteiger charge is 2.60. The molecule has 0 saturated heterocycles. The molecule has 4 aliphatic carbocycles. The van der Waals surface area contributed by atoms with Crippen molar-refractivity contribution in [2.45, 2.75) is 311 Å². The van der Waals surface area contributed by atoms with Crippen molar-refractivity contribution in [2.75, 3.05) is 59.3 Å². The predicted molar refractivity (Wildman–Crippen MR) is 309 cm³/mol. The summed E-state index contributed by atoms with van der Waals surface area (Å²) in [7, 11) is 0. The van der Waals surface area contributed by atoms with Gasteiger partial charge in [0, 0.05) is 55.1 Å². The fourth-order valence-electron chi connectivity index (χ4n) is 13.3. The summed E-state index contributed by atoms with van der Waals surface area (Å²) in [5.41, 5.74) is -0.709. The average Bonchev–Trinajstić information content (AvgIpc) is 3.59. The largest absolute Gasteiger partial charge is 0.466 e. The number of rotatable bonds is 52. The number of esters is 4. The maximum atomic E-state index is 13.8. The van der Waals surface area contributed by atoms with Crippen molar-refractivity contribution in [1.29, 1.82) is 0 Å². The molecule has 0 aliphatic heterocycles. The Balaban J connectivity index is 1.53. The van der Waals surface area contributed by atoms with E-state index in [0.29, 0.717) is 84.1 Å². The minimum atomic E-state index is -0.425. The van der Waals surface area contributed by atoms with Gasteiger partial charge in [-0.2, -0.15) is 0 Å². The van der Waals surface area contributed by atoms with Crippen LogP contribution in [0.4, 0.5) is 0 Å². The van der Waals surface area contributed by atoms with Gasteiger partial charge < -0.3 is 33.3 Å². The molecule has 0 spiro atoms. The molecule has 4 aliphatic rings. The second-order valence-corrected chi connectivity index (χ2v) is 24.6. The zero-order valence-corrected chi connectivity index (χ0v) is 50.2. The molecule has 0 aromatic carbocycles. The molecule has 4 rings (SSSR count). The van der Waals surface area contributed by atoms with E-state index in [0.717, 1.165) is 110 Å². The third-order valence-electron chi connectivity index (χ3n) is 17.4. The summed E-state index contributed by atoms with van der Waals surface area (Å²) in [6.07, 6.45) is 43.3. The number of hydrogen-bond donors (Lipinski definition) is 0. The van der Waals surface area contributed by atoms with Crippen molar-refractivity contribution in [1.82, 2.24) is 4.90 Å².